The first-order chi connectivity index (χ1) is 41.3. The summed E-state index contributed by atoms with van der Waals surface area (Å²) in [6.07, 6.45) is 40.4. The largest absolute Gasteiger partial charge is 0.472 e. The van der Waals surface area contributed by atoms with Crippen molar-refractivity contribution in [2.45, 2.75) is 349 Å². The van der Waals surface area contributed by atoms with E-state index in [1.54, 1.807) is 0 Å². The van der Waals surface area contributed by atoms with E-state index in [0.29, 0.717) is 37.5 Å². The second-order valence-corrected chi connectivity index (χ2v) is 28.3. The summed E-state index contributed by atoms with van der Waals surface area (Å²) in [5.41, 5.74) is 0. The average molecular weight is 1270 g/mol. The van der Waals surface area contributed by atoms with E-state index in [-0.39, 0.29) is 25.7 Å². The molecule has 0 amide bonds. The number of phosphoric acid groups is 2. The molecule has 0 aromatic carbocycles. The Morgan fingerprint density at radius 1 is 0.337 bits per heavy atom. The Bertz CT molecular complexity index is 1700. The van der Waals surface area contributed by atoms with Gasteiger partial charge < -0.3 is 33.8 Å². The smallest absolute Gasteiger partial charge is 0.462 e. The van der Waals surface area contributed by atoms with Crippen LogP contribution in [0, 0.1) is 17.8 Å². The van der Waals surface area contributed by atoms with Crippen LogP contribution >= 0.6 is 15.6 Å². The molecular weight excluding hydrogens is 1140 g/mol. The third-order valence-corrected chi connectivity index (χ3v) is 17.6. The zero-order valence-corrected chi connectivity index (χ0v) is 57.6. The van der Waals surface area contributed by atoms with Gasteiger partial charge in [0.1, 0.15) is 19.3 Å². The topological polar surface area (TPSA) is 237 Å². The molecule has 0 radical (unpaired) electrons. The lowest BCUT2D eigenvalue weighted by Crippen LogP contribution is -2.30. The monoisotopic (exact) mass is 1270 g/mol. The number of carbonyl (C=O) groups excluding carboxylic acids is 4. The third-order valence-electron chi connectivity index (χ3n) is 15.7. The quantitative estimate of drug-likeness (QED) is 0.0222. The highest BCUT2D eigenvalue weighted by atomic mass is 31.2. The first-order valence-corrected chi connectivity index (χ1v) is 37.9. The van der Waals surface area contributed by atoms with Gasteiger partial charge in [0.15, 0.2) is 12.2 Å². The molecule has 6 atom stereocenters. The molecule has 0 bridgehead atoms. The third kappa shape index (κ3) is 59.7. The molecule has 0 aromatic rings. The van der Waals surface area contributed by atoms with Crippen LogP contribution in [0.5, 0.6) is 0 Å². The fraction of sp³-hybridized carbons (Fsp3) is 0.940. The normalized spacial score (nSPS) is 14.6. The molecule has 0 spiro atoms. The molecule has 0 fully saturated rings. The lowest BCUT2D eigenvalue weighted by Gasteiger charge is -2.21. The number of aliphatic hydroxyl groups excluding tert-OH is 1. The molecule has 86 heavy (non-hydrogen) atoms. The van der Waals surface area contributed by atoms with Crippen LogP contribution in [0.25, 0.3) is 0 Å². The van der Waals surface area contributed by atoms with Crippen molar-refractivity contribution in [3.63, 3.8) is 0 Å². The van der Waals surface area contributed by atoms with Gasteiger partial charge in [-0.2, -0.15) is 0 Å². The predicted molar refractivity (Wildman–Crippen MR) is 344 cm³/mol. The van der Waals surface area contributed by atoms with Crippen LogP contribution in [-0.4, -0.2) is 96.7 Å². The van der Waals surface area contributed by atoms with Gasteiger partial charge in [0, 0.05) is 25.7 Å². The van der Waals surface area contributed by atoms with Gasteiger partial charge in [-0.3, -0.25) is 37.3 Å². The summed E-state index contributed by atoms with van der Waals surface area (Å²) in [5.74, 6) is 0.0455. The summed E-state index contributed by atoms with van der Waals surface area (Å²) in [7, 11) is -9.89. The van der Waals surface area contributed by atoms with Gasteiger partial charge in [0.2, 0.25) is 0 Å². The number of ether oxygens (including phenoxy) is 4. The van der Waals surface area contributed by atoms with E-state index in [1.807, 2.05) is 0 Å². The summed E-state index contributed by atoms with van der Waals surface area (Å²) in [5, 5.41) is 10.6. The SMILES string of the molecule is CCCCCCCCCCCCCCCCC(=O)O[C@H](COC(=O)CCCCCCCCCCC(C)CC)COP(=O)(O)OC[C@@H](O)COP(=O)(O)OC[C@@H](COC(=O)CCCCCCCCCC(C)C)OC(=O)CCCCCCCCCC(C)C. The molecule has 0 aliphatic rings. The molecule has 0 aliphatic heterocycles. The summed E-state index contributed by atoms with van der Waals surface area (Å²) < 4.78 is 68.1. The summed E-state index contributed by atoms with van der Waals surface area (Å²) in [4.78, 5) is 72.4. The van der Waals surface area contributed by atoms with Gasteiger partial charge in [-0.05, 0) is 43.4 Å². The molecule has 510 valence electrons. The highest BCUT2D eigenvalue weighted by Gasteiger charge is 2.30. The minimum Gasteiger partial charge on any atom is -0.462 e. The van der Waals surface area contributed by atoms with Crippen molar-refractivity contribution in [3.05, 3.63) is 0 Å². The van der Waals surface area contributed by atoms with Crippen LogP contribution in [0.3, 0.4) is 0 Å². The fourth-order valence-corrected chi connectivity index (χ4v) is 11.6. The standard InChI is InChI=1S/C67H130O17P2/c1-8-10-11-12-13-14-15-16-17-18-19-28-36-43-50-66(71)83-62(54-77-64(69)48-41-34-27-21-20-26-33-40-47-60(7)9-2)56-81-85(73,74)79-52-61(68)53-80-86(75,76)82-57-63(84-67(72)51-44-37-30-23-25-32-39-46-59(5)6)55-78-65(70)49-42-35-29-22-24-31-38-45-58(3)4/h58-63,68H,8-57H2,1-7H3,(H,73,74)(H,75,76)/t60?,61-,62-,63-/m1/s1. The second-order valence-electron chi connectivity index (χ2n) is 25.4. The first kappa shape index (κ1) is 84.1. The molecule has 17 nitrogen and oxygen atoms in total. The Labute approximate surface area is 524 Å². The van der Waals surface area contributed by atoms with Crippen LogP contribution in [0.1, 0.15) is 331 Å². The Morgan fingerprint density at radius 3 is 0.884 bits per heavy atom. The number of hydrogen-bond donors (Lipinski definition) is 3. The van der Waals surface area contributed by atoms with Crippen LogP contribution in [0.4, 0.5) is 0 Å². The number of rotatable bonds is 65. The van der Waals surface area contributed by atoms with E-state index in [1.165, 1.54) is 135 Å². The Hall–Kier alpha value is -1.94. The van der Waals surface area contributed by atoms with Crippen LogP contribution in [0.15, 0.2) is 0 Å². The van der Waals surface area contributed by atoms with E-state index >= 15 is 0 Å². The summed E-state index contributed by atoms with van der Waals surface area (Å²) >= 11 is 0. The maximum Gasteiger partial charge on any atom is 0.472 e. The fourth-order valence-electron chi connectivity index (χ4n) is 9.98. The van der Waals surface area contributed by atoms with Gasteiger partial charge in [0.05, 0.1) is 26.4 Å². The van der Waals surface area contributed by atoms with Crippen molar-refractivity contribution in [2.24, 2.45) is 17.8 Å². The maximum absolute atomic E-state index is 13.0. The summed E-state index contributed by atoms with van der Waals surface area (Å²) in [6, 6.07) is 0. The van der Waals surface area contributed by atoms with Gasteiger partial charge in [0.25, 0.3) is 0 Å². The Kier molecular flexibility index (Phi) is 56.9. The van der Waals surface area contributed by atoms with Crippen LogP contribution in [-0.2, 0) is 65.4 Å². The lowest BCUT2D eigenvalue weighted by atomic mass is 9.99. The first-order valence-electron chi connectivity index (χ1n) is 34.9. The van der Waals surface area contributed by atoms with E-state index in [9.17, 15) is 43.2 Å². The van der Waals surface area contributed by atoms with Crippen molar-refractivity contribution in [3.8, 4) is 0 Å². The van der Waals surface area contributed by atoms with Gasteiger partial charge in [-0.25, -0.2) is 9.13 Å². The maximum atomic E-state index is 13.0. The highest BCUT2D eigenvalue weighted by molar-refractivity contribution is 7.47. The number of hydrogen-bond acceptors (Lipinski definition) is 15. The molecule has 0 heterocycles. The van der Waals surface area contributed by atoms with Crippen LogP contribution in [0.2, 0.25) is 0 Å². The predicted octanol–water partition coefficient (Wildman–Crippen LogP) is 18.7. The van der Waals surface area contributed by atoms with E-state index in [4.69, 9.17) is 37.0 Å². The molecule has 0 saturated heterocycles. The van der Waals surface area contributed by atoms with Gasteiger partial charge in [-0.1, -0.05) is 280 Å². The van der Waals surface area contributed by atoms with Crippen molar-refractivity contribution in [2.75, 3.05) is 39.6 Å². The number of carbonyl (C=O) groups is 4. The van der Waals surface area contributed by atoms with Crippen molar-refractivity contribution < 1.29 is 80.2 Å². The number of esters is 4. The van der Waals surface area contributed by atoms with Crippen LogP contribution < -0.4 is 0 Å². The molecular formula is C67H130O17P2. The van der Waals surface area contributed by atoms with Crippen molar-refractivity contribution >= 4 is 39.5 Å². The molecule has 0 aromatic heterocycles. The van der Waals surface area contributed by atoms with Gasteiger partial charge >= 0.3 is 39.5 Å². The highest BCUT2D eigenvalue weighted by Crippen LogP contribution is 2.45. The molecule has 19 heteroatoms. The molecule has 0 aliphatic carbocycles. The minimum atomic E-state index is -4.95. The number of phosphoric ester groups is 2. The Balaban J connectivity index is 5.25. The lowest BCUT2D eigenvalue weighted by molar-refractivity contribution is -0.161. The zero-order chi connectivity index (χ0) is 63.8. The molecule has 0 saturated carbocycles. The van der Waals surface area contributed by atoms with E-state index in [0.717, 1.165) is 102 Å². The zero-order valence-electron chi connectivity index (χ0n) is 55.8. The Morgan fingerprint density at radius 2 is 0.593 bits per heavy atom. The van der Waals surface area contributed by atoms with E-state index in [2.05, 4.69) is 48.5 Å². The average Bonchev–Trinajstić information content (AvgIpc) is 3.68. The second kappa shape index (κ2) is 58.2. The van der Waals surface area contributed by atoms with E-state index < -0.39 is 97.5 Å². The van der Waals surface area contributed by atoms with Crippen molar-refractivity contribution in [1.29, 1.82) is 0 Å². The summed E-state index contributed by atoms with van der Waals surface area (Å²) in [6.45, 7) is 11.7. The van der Waals surface area contributed by atoms with Crippen molar-refractivity contribution in [1.82, 2.24) is 0 Å². The minimum absolute atomic E-state index is 0.102. The number of unbranched alkanes of at least 4 members (excludes halogenated alkanes) is 32. The molecule has 3 N–H and O–H groups in total. The van der Waals surface area contributed by atoms with Gasteiger partial charge in [-0.15, -0.1) is 0 Å². The molecule has 0 rings (SSSR count). The number of aliphatic hydroxyl groups is 1. The molecule has 3 unspecified atom stereocenters.